The molecule has 1 aromatic carbocycles. The van der Waals surface area contributed by atoms with E-state index in [2.05, 4.69) is 19.2 Å². The van der Waals surface area contributed by atoms with Gasteiger partial charge in [0.05, 0.1) is 6.61 Å². The van der Waals surface area contributed by atoms with Crippen LogP contribution in [0.3, 0.4) is 0 Å². The summed E-state index contributed by atoms with van der Waals surface area (Å²) >= 11 is 5.93. The molecule has 0 aliphatic heterocycles. The highest BCUT2D eigenvalue weighted by Gasteiger charge is 2.02. The molecule has 0 amide bonds. The molecule has 0 aliphatic carbocycles. The van der Waals surface area contributed by atoms with Gasteiger partial charge in [0.25, 0.3) is 0 Å². The molecule has 0 aromatic heterocycles. The van der Waals surface area contributed by atoms with Crippen LogP contribution >= 0.6 is 11.6 Å². The monoisotopic (exact) mass is 255 g/mol. The number of ether oxygens (including phenoxy) is 1. The summed E-state index contributed by atoms with van der Waals surface area (Å²) in [6.07, 6.45) is 2.19. The highest BCUT2D eigenvalue weighted by Crippen LogP contribution is 2.22. The lowest BCUT2D eigenvalue weighted by molar-refractivity contribution is 0.296. The quantitative estimate of drug-likeness (QED) is 0.749. The molecule has 1 rings (SSSR count). The van der Waals surface area contributed by atoms with Crippen molar-refractivity contribution in [2.24, 2.45) is 0 Å². The third-order valence-corrected chi connectivity index (χ3v) is 2.98. The number of hydrogen-bond acceptors (Lipinski definition) is 2. The van der Waals surface area contributed by atoms with Gasteiger partial charge in [-0.15, -0.1) is 0 Å². The summed E-state index contributed by atoms with van der Waals surface area (Å²) in [6, 6.07) is 6.31. The van der Waals surface area contributed by atoms with E-state index in [1.165, 1.54) is 0 Å². The molecule has 3 heteroatoms. The highest BCUT2D eigenvalue weighted by molar-refractivity contribution is 6.30. The molecule has 1 N–H and O–H groups in total. The molecule has 17 heavy (non-hydrogen) atoms. The van der Waals surface area contributed by atoms with E-state index in [0.717, 1.165) is 42.3 Å². The second-order valence-electron chi connectivity index (χ2n) is 4.36. The van der Waals surface area contributed by atoms with Crippen molar-refractivity contribution >= 4 is 11.6 Å². The molecule has 96 valence electrons. The van der Waals surface area contributed by atoms with Crippen molar-refractivity contribution in [1.29, 1.82) is 0 Å². The number of rotatable bonds is 7. The summed E-state index contributed by atoms with van der Waals surface area (Å²) in [4.78, 5) is 0. The van der Waals surface area contributed by atoms with Crippen molar-refractivity contribution in [3.05, 3.63) is 28.8 Å². The zero-order chi connectivity index (χ0) is 12.7. The van der Waals surface area contributed by atoms with Crippen LogP contribution < -0.4 is 10.1 Å². The van der Waals surface area contributed by atoms with Gasteiger partial charge in [0, 0.05) is 11.1 Å². The first-order chi connectivity index (χ1) is 8.13. The smallest absolute Gasteiger partial charge is 0.123 e. The van der Waals surface area contributed by atoms with E-state index in [1.54, 1.807) is 0 Å². The lowest BCUT2D eigenvalue weighted by Gasteiger charge is -2.13. The third kappa shape index (κ3) is 5.42. The Bertz CT molecular complexity index is 341. The van der Waals surface area contributed by atoms with Crippen molar-refractivity contribution in [1.82, 2.24) is 5.32 Å². The first kappa shape index (κ1) is 14.3. The molecule has 0 radical (unpaired) electrons. The Morgan fingerprint density at radius 3 is 2.88 bits per heavy atom. The molecule has 0 spiro atoms. The summed E-state index contributed by atoms with van der Waals surface area (Å²) in [5.74, 6) is 0.897. The van der Waals surface area contributed by atoms with Gasteiger partial charge in [-0.25, -0.2) is 0 Å². The lowest BCUT2D eigenvalue weighted by atomic mass is 10.2. The Hall–Kier alpha value is -0.730. The van der Waals surface area contributed by atoms with Crippen LogP contribution in [0.15, 0.2) is 18.2 Å². The van der Waals surface area contributed by atoms with Gasteiger partial charge in [0.15, 0.2) is 0 Å². The fraction of sp³-hybridized carbons (Fsp3) is 0.571. The predicted molar refractivity (Wildman–Crippen MR) is 74.1 cm³/mol. The number of aryl methyl sites for hydroxylation is 1. The number of benzene rings is 1. The first-order valence-electron chi connectivity index (χ1n) is 6.25. The van der Waals surface area contributed by atoms with Crippen molar-refractivity contribution in [3.63, 3.8) is 0 Å². The molecular formula is C14H22ClNO. The SMILES string of the molecule is CCNC(C)CCCOc1cc(Cl)ccc1C. The number of halogens is 1. The van der Waals surface area contributed by atoms with Gasteiger partial charge >= 0.3 is 0 Å². The van der Waals surface area contributed by atoms with Crippen molar-refractivity contribution in [3.8, 4) is 5.75 Å². The Labute approximate surface area is 109 Å². The number of nitrogens with one attached hydrogen (secondary N) is 1. The standard InChI is InChI=1S/C14H22ClNO/c1-4-16-12(3)6-5-9-17-14-10-13(15)8-7-11(14)2/h7-8,10,12,16H,4-6,9H2,1-3H3. The average molecular weight is 256 g/mol. The minimum Gasteiger partial charge on any atom is -0.493 e. The summed E-state index contributed by atoms with van der Waals surface area (Å²) in [6.45, 7) is 8.13. The number of hydrogen-bond donors (Lipinski definition) is 1. The van der Waals surface area contributed by atoms with Crippen LogP contribution in [0, 0.1) is 6.92 Å². The fourth-order valence-corrected chi connectivity index (χ4v) is 1.91. The van der Waals surface area contributed by atoms with Gasteiger partial charge < -0.3 is 10.1 Å². The minimum absolute atomic E-state index is 0.559. The van der Waals surface area contributed by atoms with E-state index in [1.807, 2.05) is 25.1 Å². The molecule has 1 unspecified atom stereocenters. The second kappa shape index (κ2) is 7.57. The molecule has 0 saturated heterocycles. The maximum absolute atomic E-state index is 5.93. The molecule has 0 saturated carbocycles. The van der Waals surface area contributed by atoms with Crippen LogP contribution in [-0.4, -0.2) is 19.2 Å². The van der Waals surface area contributed by atoms with Crippen molar-refractivity contribution < 1.29 is 4.74 Å². The summed E-state index contributed by atoms with van der Waals surface area (Å²) in [7, 11) is 0. The highest BCUT2D eigenvalue weighted by atomic mass is 35.5. The molecule has 0 fully saturated rings. The summed E-state index contributed by atoms with van der Waals surface area (Å²) in [5, 5.41) is 4.12. The van der Waals surface area contributed by atoms with Crippen LogP contribution in [0.1, 0.15) is 32.3 Å². The Kier molecular flexibility index (Phi) is 6.38. The molecule has 0 heterocycles. The van der Waals surface area contributed by atoms with Gasteiger partial charge in [-0.3, -0.25) is 0 Å². The molecule has 0 bridgehead atoms. The zero-order valence-corrected chi connectivity index (χ0v) is 11.7. The fourth-order valence-electron chi connectivity index (χ4n) is 1.75. The Morgan fingerprint density at radius 2 is 2.18 bits per heavy atom. The van der Waals surface area contributed by atoms with E-state index in [0.29, 0.717) is 6.04 Å². The topological polar surface area (TPSA) is 21.3 Å². The van der Waals surface area contributed by atoms with Crippen LogP contribution in [0.4, 0.5) is 0 Å². The van der Waals surface area contributed by atoms with Crippen LogP contribution in [0.2, 0.25) is 5.02 Å². The predicted octanol–water partition coefficient (Wildman–Crippen LogP) is 3.81. The van der Waals surface area contributed by atoms with Gasteiger partial charge in [0.2, 0.25) is 0 Å². The van der Waals surface area contributed by atoms with E-state index >= 15 is 0 Å². The summed E-state index contributed by atoms with van der Waals surface area (Å²) in [5.41, 5.74) is 1.13. The Morgan fingerprint density at radius 1 is 1.41 bits per heavy atom. The molecule has 1 aromatic rings. The van der Waals surface area contributed by atoms with Crippen molar-refractivity contribution in [2.45, 2.75) is 39.7 Å². The largest absolute Gasteiger partial charge is 0.493 e. The van der Waals surface area contributed by atoms with Gasteiger partial charge in [-0.1, -0.05) is 24.6 Å². The zero-order valence-electron chi connectivity index (χ0n) is 10.9. The van der Waals surface area contributed by atoms with Crippen LogP contribution in [0.25, 0.3) is 0 Å². The maximum Gasteiger partial charge on any atom is 0.123 e. The molecular weight excluding hydrogens is 234 g/mol. The van der Waals surface area contributed by atoms with E-state index in [4.69, 9.17) is 16.3 Å². The third-order valence-electron chi connectivity index (χ3n) is 2.74. The molecule has 0 aliphatic rings. The van der Waals surface area contributed by atoms with Gasteiger partial charge in [-0.05, 0) is 50.9 Å². The molecule has 1 atom stereocenters. The van der Waals surface area contributed by atoms with Gasteiger partial charge in [0.1, 0.15) is 5.75 Å². The first-order valence-corrected chi connectivity index (χ1v) is 6.63. The minimum atomic E-state index is 0.559. The van der Waals surface area contributed by atoms with E-state index in [-0.39, 0.29) is 0 Å². The van der Waals surface area contributed by atoms with Crippen LogP contribution in [-0.2, 0) is 0 Å². The van der Waals surface area contributed by atoms with E-state index in [9.17, 15) is 0 Å². The average Bonchev–Trinajstić information content (AvgIpc) is 2.29. The molecule has 2 nitrogen and oxygen atoms in total. The maximum atomic E-state index is 5.93. The lowest BCUT2D eigenvalue weighted by Crippen LogP contribution is -2.25. The van der Waals surface area contributed by atoms with E-state index < -0.39 is 0 Å². The van der Waals surface area contributed by atoms with Gasteiger partial charge in [-0.2, -0.15) is 0 Å². The second-order valence-corrected chi connectivity index (χ2v) is 4.80. The summed E-state index contributed by atoms with van der Waals surface area (Å²) < 4.78 is 5.73. The Balaban J connectivity index is 2.28. The van der Waals surface area contributed by atoms with Crippen LogP contribution in [0.5, 0.6) is 5.75 Å². The normalized spacial score (nSPS) is 12.5. The van der Waals surface area contributed by atoms with Crippen molar-refractivity contribution in [2.75, 3.05) is 13.2 Å².